The topological polar surface area (TPSA) is 64.9 Å². The third kappa shape index (κ3) is 3.37. The van der Waals surface area contributed by atoms with Crippen LogP contribution >= 0.6 is 11.8 Å². The largest absolute Gasteiger partial charge is 0.339 e. The van der Waals surface area contributed by atoms with Crippen LogP contribution in [0.1, 0.15) is 24.6 Å². The van der Waals surface area contributed by atoms with Crippen molar-refractivity contribution in [3.63, 3.8) is 0 Å². The van der Waals surface area contributed by atoms with E-state index in [0.29, 0.717) is 34.7 Å². The Bertz CT molecular complexity index is 585. The molecule has 0 amide bonds. The summed E-state index contributed by atoms with van der Waals surface area (Å²) in [6.45, 7) is 0. The molecule has 6 heteroatoms. The van der Waals surface area contributed by atoms with Gasteiger partial charge in [-0.3, -0.25) is 0 Å². The van der Waals surface area contributed by atoms with Crippen LogP contribution in [0, 0.1) is 11.7 Å². The van der Waals surface area contributed by atoms with Gasteiger partial charge in [0.15, 0.2) is 5.82 Å². The van der Waals surface area contributed by atoms with Gasteiger partial charge in [0.25, 0.3) is 0 Å². The van der Waals surface area contributed by atoms with E-state index in [1.54, 1.807) is 12.1 Å². The fourth-order valence-electron chi connectivity index (χ4n) is 2.03. The van der Waals surface area contributed by atoms with Gasteiger partial charge in [-0.15, -0.1) is 11.8 Å². The Kier molecular flexibility index (Phi) is 4.03. The van der Waals surface area contributed by atoms with Crippen molar-refractivity contribution in [3.05, 3.63) is 41.8 Å². The maximum atomic E-state index is 13.5. The predicted molar refractivity (Wildman–Crippen MR) is 74.7 cm³/mol. The number of hydrogen-bond donors (Lipinski definition) is 1. The van der Waals surface area contributed by atoms with Crippen LogP contribution in [0.25, 0.3) is 0 Å². The monoisotopic (exact) mass is 293 g/mol. The summed E-state index contributed by atoms with van der Waals surface area (Å²) in [4.78, 5) is 4.90. The number of rotatable bonds is 6. The van der Waals surface area contributed by atoms with Crippen LogP contribution in [0.15, 0.2) is 33.7 Å². The highest BCUT2D eigenvalue weighted by Crippen LogP contribution is 2.32. The Morgan fingerprint density at radius 1 is 1.40 bits per heavy atom. The molecule has 0 saturated heterocycles. The van der Waals surface area contributed by atoms with Gasteiger partial charge in [-0.05, 0) is 30.9 Å². The van der Waals surface area contributed by atoms with Crippen molar-refractivity contribution in [2.45, 2.75) is 36.0 Å². The zero-order valence-electron chi connectivity index (χ0n) is 11.0. The van der Waals surface area contributed by atoms with Crippen LogP contribution in [0.2, 0.25) is 0 Å². The molecule has 0 radical (unpaired) electrons. The molecule has 1 unspecified atom stereocenters. The van der Waals surface area contributed by atoms with Gasteiger partial charge in [0.05, 0.1) is 5.75 Å². The predicted octanol–water partition coefficient (Wildman–Crippen LogP) is 2.78. The molecule has 2 aromatic rings. The van der Waals surface area contributed by atoms with Crippen LogP contribution < -0.4 is 5.73 Å². The summed E-state index contributed by atoms with van der Waals surface area (Å²) in [5.41, 5.74) is 6.02. The van der Waals surface area contributed by atoms with Crippen molar-refractivity contribution in [1.82, 2.24) is 10.1 Å². The summed E-state index contributed by atoms with van der Waals surface area (Å²) in [5.74, 6) is 2.03. The summed E-state index contributed by atoms with van der Waals surface area (Å²) in [7, 11) is 0. The number of benzene rings is 1. The highest BCUT2D eigenvalue weighted by molar-refractivity contribution is 7.98. The number of thioether (sulfide) groups is 1. The van der Waals surface area contributed by atoms with Crippen molar-refractivity contribution in [1.29, 1.82) is 0 Å². The number of aromatic nitrogens is 2. The Morgan fingerprint density at radius 3 is 2.95 bits per heavy atom. The lowest BCUT2D eigenvalue weighted by molar-refractivity contribution is 0.360. The van der Waals surface area contributed by atoms with Gasteiger partial charge in [0.1, 0.15) is 5.82 Å². The summed E-state index contributed by atoms with van der Waals surface area (Å²) < 4.78 is 18.6. The van der Waals surface area contributed by atoms with Gasteiger partial charge in [-0.1, -0.05) is 17.3 Å². The molecule has 1 aromatic heterocycles. The molecule has 0 bridgehead atoms. The molecule has 0 aliphatic heterocycles. The van der Waals surface area contributed by atoms with Crippen molar-refractivity contribution in [3.8, 4) is 0 Å². The van der Waals surface area contributed by atoms with Crippen LogP contribution in [-0.2, 0) is 12.2 Å². The molecular weight excluding hydrogens is 277 g/mol. The van der Waals surface area contributed by atoms with Gasteiger partial charge < -0.3 is 10.3 Å². The van der Waals surface area contributed by atoms with Gasteiger partial charge in [0, 0.05) is 17.4 Å². The molecule has 2 N–H and O–H groups in total. The molecule has 4 nitrogen and oxygen atoms in total. The number of nitrogens with two attached hydrogens (primary N) is 1. The smallest absolute Gasteiger partial charge is 0.228 e. The SMILES string of the molecule is NC(Cc1nc(CSc2ccccc2F)no1)C1CC1. The Labute approximate surface area is 120 Å². The van der Waals surface area contributed by atoms with E-state index in [-0.39, 0.29) is 11.9 Å². The summed E-state index contributed by atoms with van der Waals surface area (Å²) in [6, 6.07) is 6.78. The molecule has 1 saturated carbocycles. The van der Waals surface area contributed by atoms with E-state index in [2.05, 4.69) is 10.1 Å². The van der Waals surface area contributed by atoms with E-state index in [9.17, 15) is 4.39 Å². The van der Waals surface area contributed by atoms with Crippen LogP contribution in [0.5, 0.6) is 0 Å². The molecule has 1 aliphatic rings. The van der Waals surface area contributed by atoms with Crippen LogP contribution in [-0.4, -0.2) is 16.2 Å². The van der Waals surface area contributed by atoms with Crippen molar-refractivity contribution >= 4 is 11.8 Å². The summed E-state index contributed by atoms with van der Waals surface area (Å²) in [6.07, 6.45) is 3.03. The standard InChI is InChI=1S/C14H16FN3OS/c15-10-3-1-2-4-12(10)20-8-13-17-14(19-18-13)7-11(16)9-5-6-9/h1-4,9,11H,5-8,16H2. The molecule has 0 spiro atoms. The number of halogens is 1. The molecule has 1 heterocycles. The molecule has 3 rings (SSSR count). The highest BCUT2D eigenvalue weighted by atomic mass is 32.2. The molecule has 106 valence electrons. The van der Waals surface area contributed by atoms with Gasteiger partial charge >= 0.3 is 0 Å². The lowest BCUT2D eigenvalue weighted by Gasteiger charge is -2.04. The van der Waals surface area contributed by atoms with Gasteiger partial charge in [0.2, 0.25) is 5.89 Å². The van der Waals surface area contributed by atoms with Gasteiger partial charge in [-0.2, -0.15) is 4.98 Å². The first kappa shape index (κ1) is 13.6. The molecule has 1 atom stereocenters. The van der Waals surface area contributed by atoms with Crippen molar-refractivity contribution in [2.24, 2.45) is 11.7 Å². The van der Waals surface area contributed by atoms with E-state index < -0.39 is 0 Å². The quantitative estimate of drug-likeness (QED) is 0.830. The first-order valence-electron chi connectivity index (χ1n) is 6.67. The van der Waals surface area contributed by atoms with Crippen molar-refractivity contribution < 1.29 is 8.91 Å². The van der Waals surface area contributed by atoms with Crippen LogP contribution in [0.3, 0.4) is 0 Å². The van der Waals surface area contributed by atoms with E-state index >= 15 is 0 Å². The third-order valence-electron chi connectivity index (χ3n) is 3.34. The second kappa shape index (κ2) is 5.93. The normalized spacial score (nSPS) is 16.3. The number of nitrogens with zero attached hydrogens (tertiary/aromatic N) is 2. The summed E-state index contributed by atoms with van der Waals surface area (Å²) >= 11 is 1.36. The molecule has 1 fully saturated rings. The fraction of sp³-hybridized carbons (Fsp3) is 0.429. The molecule has 20 heavy (non-hydrogen) atoms. The van der Waals surface area contributed by atoms with Crippen molar-refractivity contribution in [2.75, 3.05) is 0 Å². The second-order valence-corrected chi connectivity index (χ2v) is 6.05. The van der Waals surface area contributed by atoms with E-state index in [4.69, 9.17) is 10.3 Å². The number of hydrogen-bond acceptors (Lipinski definition) is 5. The maximum absolute atomic E-state index is 13.5. The zero-order valence-corrected chi connectivity index (χ0v) is 11.8. The molecule has 1 aromatic carbocycles. The fourth-order valence-corrected chi connectivity index (χ4v) is 2.81. The second-order valence-electron chi connectivity index (χ2n) is 5.03. The lowest BCUT2D eigenvalue weighted by Crippen LogP contribution is -2.25. The third-order valence-corrected chi connectivity index (χ3v) is 4.39. The van der Waals surface area contributed by atoms with E-state index in [0.717, 1.165) is 0 Å². The minimum absolute atomic E-state index is 0.113. The first-order valence-corrected chi connectivity index (χ1v) is 7.65. The highest BCUT2D eigenvalue weighted by Gasteiger charge is 2.29. The zero-order chi connectivity index (χ0) is 13.9. The van der Waals surface area contributed by atoms with Crippen LogP contribution in [0.4, 0.5) is 4.39 Å². The minimum atomic E-state index is -0.225. The average Bonchev–Trinajstić information content (AvgIpc) is 3.20. The first-order chi connectivity index (χ1) is 9.72. The van der Waals surface area contributed by atoms with E-state index in [1.165, 1.54) is 30.7 Å². The Hall–Kier alpha value is -1.40. The average molecular weight is 293 g/mol. The van der Waals surface area contributed by atoms with E-state index in [1.807, 2.05) is 6.07 Å². The Morgan fingerprint density at radius 2 is 2.20 bits per heavy atom. The molecular formula is C14H16FN3OS. The minimum Gasteiger partial charge on any atom is -0.339 e. The molecule has 1 aliphatic carbocycles. The van der Waals surface area contributed by atoms with Gasteiger partial charge in [-0.25, -0.2) is 4.39 Å². The Balaban J connectivity index is 1.55. The summed E-state index contributed by atoms with van der Waals surface area (Å²) in [5, 5.41) is 3.91. The maximum Gasteiger partial charge on any atom is 0.228 e. The lowest BCUT2D eigenvalue weighted by atomic mass is 10.1.